The number of benzene rings is 2. The third-order valence-corrected chi connectivity index (χ3v) is 5.38. The van der Waals surface area contributed by atoms with E-state index in [0.29, 0.717) is 5.82 Å². The molecule has 2 aromatic heterocycles. The second-order valence-corrected chi connectivity index (χ2v) is 7.48. The van der Waals surface area contributed by atoms with E-state index in [4.69, 9.17) is 16.3 Å². The molecule has 150 valence electrons. The van der Waals surface area contributed by atoms with E-state index in [0.717, 1.165) is 10.6 Å². The van der Waals surface area contributed by atoms with Gasteiger partial charge in [0.25, 0.3) is 5.91 Å². The van der Waals surface area contributed by atoms with E-state index in [-0.39, 0.29) is 22.1 Å². The molecule has 0 bridgehead atoms. The standard InChI is InChI=1S/C21H15ClN4O3S/c1-29-21(28)13-9-10-15(22)16(12-13)23-20(27)18-24-19(17-8-5-11-30-17)26(25-18)14-6-3-2-4-7-14/h2-12H,1H3,(H,23,27). The van der Waals surface area contributed by atoms with Crippen LogP contribution in [0.2, 0.25) is 5.02 Å². The van der Waals surface area contributed by atoms with Gasteiger partial charge in [-0.25, -0.2) is 14.5 Å². The highest BCUT2D eigenvalue weighted by atomic mass is 35.5. The summed E-state index contributed by atoms with van der Waals surface area (Å²) in [6, 6.07) is 17.7. The second-order valence-electron chi connectivity index (χ2n) is 6.12. The summed E-state index contributed by atoms with van der Waals surface area (Å²) in [6.07, 6.45) is 0. The van der Waals surface area contributed by atoms with Crippen LogP contribution in [0.3, 0.4) is 0 Å². The summed E-state index contributed by atoms with van der Waals surface area (Å²) in [7, 11) is 1.28. The molecule has 0 aliphatic heterocycles. The fraction of sp³-hybridized carbons (Fsp3) is 0.0476. The lowest BCUT2D eigenvalue weighted by Gasteiger charge is -2.07. The number of halogens is 1. The predicted octanol–water partition coefficient (Wildman–Crippen LogP) is 4.69. The maximum absolute atomic E-state index is 12.9. The minimum absolute atomic E-state index is 0.0261. The normalized spacial score (nSPS) is 10.6. The van der Waals surface area contributed by atoms with E-state index in [1.165, 1.54) is 36.6 Å². The molecule has 1 amide bonds. The molecule has 0 aliphatic carbocycles. The first-order chi connectivity index (χ1) is 14.6. The number of hydrogen-bond donors (Lipinski definition) is 1. The molecule has 0 saturated carbocycles. The third-order valence-electron chi connectivity index (χ3n) is 4.19. The molecule has 9 heteroatoms. The van der Waals surface area contributed by atoms with Gasteiger partial charge in [0.1, 0.15) is 0 Å². The molecular weight excluding hydrogens is 424 g/mol. The molecule has 30 heavy (non-hydrogen) atoms. The summed E-state index contributed by atoms with van der Waals surface area (Å²) in [5.74, 6) is -0.558. The number of rotatable bonds is 5. The number of esters is 1. The lowest BCUT2D eigenvalue weighted by atomic mass is 10.2. The van der Waals surface area contributed by atoms with Gasteiger partial charge in [-0.1, -0.05) is 35.9 Å². The van der Waals surface area contributed by atoms with Gasteiger partial charge in [0.2, 0.25) is 5.82 Å². The van der Waals surface area contributed by atoms with E-state index in [9.17, 15) is 9.59 Å². The summed E-state index contributed by atoms with van der Waals surface area (Å²) in [5, 5.41) is 9.27. The number of methoxy groups -OCH3 is 1. The maximum Gasteiger partial charge on any atom is 0.337 e. The highest BCUT2D eigenvalue weighted by molar-refractivity contribution is 7.13. The first-order valence-electron chi connectivity index (χ1n) is 8.82. The van der Waals surface area contributed by atoms with Crippen LogP contribution in [-0.2, 0) is 4.74 Å². The highest BCUT2D eigenvalue weighted by Gasteiger charge is 2.20. The number of thiophene rings is 1. The minimum Gasteiger partial charge on any atom is -0.465 e. The number of aromatic nitrogens is 3. The fourth-order valence-electron chi connectivity index (χ4n) is 2.77. The molecule has 0 spiro atoms. The van der Waals surface area contributed by atoms with Crippen molar-refractivity contribution in [3.8, 4) is 16.4 Å². The van der Waals surface area contributed by atoms with Gasteiger partial charge in [0.15, 0.2) is 5.82 Å². The minimum atomic E-state index is -0.550. The molecule has 4 rings (SSSR count). The molecular formula is C21H15ClN4O3S. The number of carbonyl (C=O) groups excluding carboxylic acids is 2. The summed E-state index contributed by atoms with van der Waals surface area (Å²) >= 11 is 7.67. The zero-order valence-electron chi connectivity index (χ0n) is 15.7. The summed E-state index contributed by atoms with van der Waals surface area (Å²) in [5.41, 5.74) is 1.30. The number of hydrogen-bond acceptors (Lipinski definition) is 6. The zero-order chi connectivity index (χ0) is 21.1. The van der Waals surface area contributed by atoms with E-state index >= 15 is 0 Å². The van der Waals surface area contributed by atoms with Crippen molar-refractivity contribution in [1.29, 1.82) is 0 Å². The Kier molecular flexibility index (Phi) is 5.60. The molecule has 0 atom stereocenters. The Bertz CT molecular complexity index is 1210. The Morgan fingerprint density at radius 2 is 1.90 bits per heavy atom. The third kappa shape index (κ3) is 3.96. The number of anilines is 1. The van der Waals surface area contributed by atoms with Crippen LogP contribution in [0.5, 0.6) is 0 Å². The van der Waals surface area contributed by atoms with Crippen molar-refractivity contribution >= 4 is 40.5 Å². The van der Waals surface area contributed by atoms with Crippen LogP contribution in [0.4, 0.5) is 5.69 Å². The maximum atomic E-state index is 12.9. The van der Waals surface area contributed by atoms with Gasteiger partial charge >= 0.3 is 5.97 Å². The van der Waals surface area contributed by atoms with Crippen molar-refractivity contribution in [2.75, 3.05) is 12.4 Å². The topological polar surface area (TPSA) is 86.1 Å². The number of amides is 1. The molecule has 2 aromatic carbocycles. The van der Waals surface area contributed by atoms with Crippen LogP contribution in [0.1, 0.15) is 21.0 Å². The predicted molar refractivity (Wildman–Crippen MR) is 115 cm³/mol. The Labute approximate surface area is 180 Å². The highest BCUT2D eigenvalue weighted by Crippen LogP contribution is 2.27. The van der Waals surface area contributed by atoms with Crippen molar-refractivity contribution in [2.24, 2.45) is 0 Å². The van der Waals surface area contributed by atoms with Crippen molar-refractivity contribution in [3.05, 3.63) is 82.5 Å². The van der Waals surface area contributed by atoms with Crippen molar-refractivity contribution < 1.29 is 14.3 Å². The van der Waals surface area contributed by atoms with E-state index in [2.05, 4.69) is 15.4 Å². The van der Waals surface area contributed by atoms with Crippen molar-refractivity contribution in [1.82, 2.24) is 14.8 Å². The van der Waals surface area contributed by atoms with Crippen LogP contribution >= 0.6 is 22.9 Å². The lowest BCUT2D eigenvalue weighted by molar-refractivity contribution is 0.0600. The van der Waals surface area contributed by atoms with Gasteiger partial charge in [0, 0.05) is 0 Å². The second kappa shape index (κ2) is 8.48. The van der Waals surface area contributed by atoms with E-state index in [1.807, 2.05) is 47.8 Å². The van der Waals surface area contributed by atoms with Gasteiger partial charge in [-0.2, -0.15) is 0 Å². The van der Waals surface area contributed by atoms with Crippen LogP contribution < -0.4 is 5.32 Å². The van der Waals surface area contributed by atoms with E-state index < -0.39 is 11.9 Å². The average molecular weight is 439 g/mol. The number of nitrogens with one attached hydrogen (secondary N) is 1. The molecule has 2 heterocycles. The quantitative estimate of drug-likeness (QED) is 0.457. The van der Waals surface area contributed by atoms with Gasteiger partial charge in [-0.3, -0.25) is 4.79 Å². The first kappa shape index (κ1) is 19.8. The lowest BCUT2D eigenvalue weighted by Crippen LogP contribution is -2.15. The van der Waals surface area contributed by atoms with Crippen LogP contribution in [0.25, 0.3) is 16.4 Å². The Morgan fingerprint density at radius 3 is 2.60 bits per heavy atom. The van der Waals surface area contributed by atoms with Crippen LogP contribution in [0, 0.1) is 0 Å². The smallest absolute Gasteiger partial charge is 0.337 e. The van der Waals surface area contributed by atoms with E-state index in [1.54, 1.807) is 4.68 Å². The molecule has 0 unspecified atom stereocenters. The summed E-state index contributed by atoms with van der Waals surface area (Å²) < 4.78 is 6.33. The largest absolute Gasteiger partial charge is 0.465 e. The molecule has 0 fully saturated rings. The summed E-state index contributed by atoms with van der Waals surface area (Å²) in [4.78, 5) is 29.9. The number of nitrogens with zero attached hydrogens (tertiary/aromatic N) is 3. The molecule has 7 nitrogen and oxygen atoms in total. The Hall–Kier alpha value is -3.49. The SMILES string of the molecule is COC(=O)c1ccc(Cl)c(NC(=O)c2nc(-c3cccs3)n(-c3ccccc3)n2)c1. The van der Waals surface area contributed by atoms with Crippen LogP contribution in [-0.4, -0.2) is 33.8 Å². The molecule has 1 N–H and O–H groups in total. The van der Waals surface area contributed by atoms with Gasteiger partial charge < -0.3 is 10.1 Å². The molecule has 0 aliphatic rings. The Morgan fingerprint density at radius 1 is 1.10 bits per heavy atom. The van der Waals surface area contributed by atoms with Gasteiger partial charge in [0.05, 0.1) is 33.9 Å². The monoisotopic (exact) mass is 438 g/mol. The van der Waals surface area contributed by atoms with Crippen LogP contribution in [0.15, 0.2) is 66.0 Å². The average Bonchev–Trinajstić information content (AvgIpc) is 3.45. The molecule has 0 saturated heterocycles. The van der Waals surface area contributed by atoms with Crippen molar-refractivity contribution in [3.63, 3.8) is 0 Å². The van der Waals surface area contributed by atoms with Gasteiger partial charge in [-0.05, 0) is 41.8 Å². The Balaban J connectivity index is 1.70. The fourth-order valence-corrected chi connectivity index (χ4v) is 3.63. The number of para-hydroxylation sites is 1. The van der Waals surface area contributed by atoms with Crippen molar-refractivity contribution in [2.45, 2.75) is 0 Å². The number of carbonyl (C=O) groups is 2. The number of ether oxygens (including phenoxy) is 1. The molecule has 0 radical (unpaired) electrons. The molecule has 4 aromatic rings. The first-order valence-corrected chi connectivity index (χ1v) is 10.1. The zero-order valence-corrected chi connectivity index (χ0v) is 17.3. The summed E-state index contributed by atoms with van der Waals surface area (Å²) in [6.45, 7) is 0. The van der Waals surface area contributed by atoms with Gasteiger partial charge in [-0.15, -0.1) is 16.4 Å².